The van der Waals surface area contributed by atoms with Crippen molar-refractivity contribution < 1.29 is 33.0 Å². The minimum atomic E-state index is -4.57. The van der Waals surface area contributed by atoms with Gasteiger partial charge in [-0.15, -0.1) is 0 Å². The lowest BCUT2D eigenvalue weighted by Crippen LogP contribution is -2.47. The number of likely N-dealkylation sites (tertiary alicyclic amines) is 1. The molecule has 0 spiro atoms. The van der Waals surface area contributed by atoms with Crippen LogP contribution >= 0.6 is 0 Å². The van der Waals surface area contributed by atoms with Gasteiger partial charge in [0.05, 0.1) is 11.8 Å². The number of carboxylic acid groups (broad SMARTS) is 2. The van der Waals surface area contributed by atoms with Gasteiger partial charge < -0.3 is 15.1 Å². The largest absolute Gasteiger partial charge is 0.481 e. The average molecular weight is 255 g/mol. The zero-order valence-electron chi connectivity index (χ0n) is 8.83. The number of rotatable bonds is 2. The quantitative estimate of drug-likeness (QED) is 0.788. The first-order chi connectivity index (χ1) is 7.66. The smallest absolute Gasteiger partial charge is 0.407 e. The zero-order chi connectivity index (χ0) is 13.3. The van der Waals surface area contributed by atoms with Crippen LogP contribution in [0.3, 0.4) is 0 Å². The van der Waals surface area contributed by atoms with E-state index in [0.717, 1.165) is 4.90 Å². The second kappa shape index (κ2) is 4.42. The Balaban J connectivity index is 2.77. The molecule has 8 heteroatoms. The molecule has 1 aliphatic heterocycles. The van der Waals surface area contributed by atoms with Crippen LogP contribution in [-0.4, -0.2) is 46.4 Å². The fourth-order valence-electron chi connectivity index (χ4n) is 1.98. The van der Waals surface area contributed by atoms with Crippen molar-refractivity contribution >= 4 is 12.1 Å². The molecule has 0 aromatic rings. The molecular weight excluding hydrogens is 243 g/mol. The summed E-state index contributed by atoms with van der Waals surface area (Å²) < 4.78 is 36.9. The summed E-state index contributed by atoms with van der Waals surface area (Å²) in [6, 6.07) is 0. The van der Waals surface area contributed by atoms with Crippen LogP contribution in [0.4, 0.5) is 18.0 Å². The zero-order valence-corrected chi connectivity index (χ0v) is 8.83. The van der Waals surface area contributed by atoms with Crippen molar-refractivity contribution in [1.29, 1.82) is 0 Å². The average Bonchev–Trinajstić information content (AvgIpc) is 2.15. The Kier molecular flexibility index (Phi) is 3.53. The Morgan fingerprint density at radius 2 is 1.65 bits per heavy atom. The predicted octanol–water partition coefficient (Wildman–Crippen LogP) is 1.78. The molecule has 1 saturated heterocycles. The molecule has 1 amide bonds. The first kappa shape index (κ1) is 13.6. The van der Waals surface area contributed by atoms with Crippen molar-refractivity contribution in [2.75, 3.05) is 13.1 Å². The molecule has 0 bridgehead atoms. The second-order valence-corrected chi connectivity index (χ2v) is 4.15. The van der Waals surface area contributed by atoms with Gasteiger partial charge in [-0.1, -0.05) is 0 Å². The highest BCUT2D eigenvalue weighted by atomic mass is 19.4. The monoisotopic (exact) mass is 255 g/mol. The molecule has 0 saturated carbocycles. The van der Waals surface area contributed by atoms with E-state index < -0.39 is 30.1 Å². The summed E-state index contributed by atoms with van der Waals surface area (Å²) in [5.74, 6) is -1.51. The van der Waals surface area contributed by atoms with Gasteiger partial charge in [-0.2, -0.15) is 13.2 Å². The molecule has 98 valence electrons. The Labute approximate surface area is 94.8 Å². The molecule has 0 aromatic carbocycles. The van der Waals surface area contributed by atoms with Crippen molar-refractivity contribution in [3.05, 3.63) is 0 Å². The van der Waals surface area contributed by atoms with Gasteiger partial charge in [0.1, 0.15) is 0 Å². The van der Waals surface area contributed by atoms with Crippen LogP contribution in [0, 0.1) is 5.41 Å². The molecule has 0 radical (unpaired) electrons. The lowest BCUT2D eigenvalue weighted by Gasteiger charge is -2.38. The molecule has 5 nitrogen and oxygen atoms in total. The lowest BCUT2D eigenvalue weighted by atomic mass is 9.75. The molecule has 1 rings (SSSR count). The van der Waals surface area contributed by atoms with E-state index in [1.54, 1.807) is 0 Å². The highest BCUT2D eigenvalue weighted by Crippen LogP contribution is 2.41. The van der Waals surface area contributed by atoms with E-state index in [-0.39, 0.29) is 25.9 Å². The van der Waals surface area contributed by atoms with Gasteiger partial charge >= 0.3 is 18.2 Å². The van der Waals surface area contributed by atoms with E-state index in [4.69, 9.17) is 10.2 Å². The minimum absolute atomic E-state index is 0.183. The lowest BCUT2D eigenvalue weighted by molar-refractivity contribution is -0.183. The third-order valence-electron chi connectivity index (χ3n) is 2.98. The van der Waals surface area contributed by atoms with Crippen LogP contribution in [0.1, 0.15) is 19.3 Å². The second-order valence-electron chi connectivity index (χ2n) is 4.15. The van der Waals surface area contributed by atoms with E-state index in [1.165, 1.54) is 0 Å². The fraction of sp³-hybridized carbons (Fsp3) is 0.778. The normalized spacial score (nSPS) is 20.1. The molecule has 17 heavy (non-hydrogen) atoms. The Bertz CT molecular complexity index is 321. The number of halogens is 3. The summed E-state index contributed by atoms with van der Waals surface area (Å²) in [5.41, 5.74) is -1.88. The summed E-state index contributed by atoms with van der Waals surface area (Å²) in [4.78, 5) is 22.5. The van der Waals surface area contributed by atoms with Crippen LogP contribution in [0.25, 0.3) is 0 Å². The number of aliphatic carboxylic acids is 1. The molecule has 1 fully saturated rings. The predicted molar refractivity (Wildman–Crippen MR) is 49.6 cm³/mol. The van der Waals surface area contributed by atoms with Gasteiger partial charge in [-0.05, 0) is 12.8 Å². The van der Waals surface area contributed by atoms with Gasteiger partial charge in [-0.3, -0.25) is 4.79 Å². The van der Waals surface area contributed by atoms with E-state index in [2.05, 4.69) is 0 Å². The number of carboxylic acids is 1. The van der Waals surface area contributed by atoms with Gasteiger partial charge in [0.2, 0.25) is 0 Å². The van der Waals surface area contributed by atoms with Crippen molar-refractivity contribution in [3.8, 4) is 0 Å². The topological polar surface area (TPSA) is 77.8 Å². The number of piperidine rings is 1. The molecule has 2 N–H and O–H groups in total. The van der Waals surface area contributed by atoms with E-state index >= 15 is 0 Å². The number of alkyl halides is 3. The highest BCUT2D eigenvalue weighted by molar-refractivity contribution is 5.75. The summed E-state index contributed by atoms with van der Waals surface area (Å²) >= 11 is 0. The Hall–Kier alpha value is -1.47. The molecule has 0 aliphatic carbocycles. The summed E-state index contributed by atoms with van der Waals surface area (Å²) in [5, 5.41) is 17.5. The summed E-state index contributed by atoms with van der Waals surface area (Å²) in [6.45, 7) is -0.366. The SMILES string of the molecule is O=C(O)N1CCC(CC(F)(F)F)(C(=O)O)CC1. The number of amides is 1. The van der Waals surface area contributed by atoms with Crippen LogP contribution in [0.15, 0.2) is 0 Å². The number of carbonyl (C=O) groups is 2. The maximum absolute atomic E-state index is 12.3. The Morgan fingerprint density at radius 3 is 1.94 bits per heavy atom. The van der Waals surface area contributed by atoms with Crippen molar-refractivity contribution in [3.63, 3.8) is 0 Å². The van der Waals surface area contributed by atoms with Crippen LogP contribution in [0.2, 0.25) is 0 Å². The van der Waals surface area contributed by atoms with Crippen LogP contribution in [-0.2, 0) is 4.79 Å². The molecule has 1 heterocycles. The maximum Gasteiger partial charge on any atom is 0.407 e. The summed E-state index contributed by atoms with van der Waals surface area (Å²) in [7, 11) is 0. The van der Waals surface area contributed by atoms with Crippen molar-refractivity contribution in [2.45, 2.75) is 25.4 Å². The summed E-state index contributed by atoms with van der Waals surface area (Å²) in [6.07, 6.45) is -7.84. The first-order valence-corrected chi connectivity index (χ1v) is 4.94. The van der Waals surface area contributed by atoms with Gasteiger partial charge in [0.25, 0.3) is 0 Å². The van der Waals surface area contributed by atoms with Crippen molar-refractivity contribution in [1.82, 2.24) is 4.90 Å². The molecule has 0 atom stereocenters. The number of hydrogen-bond donors (Lipinski definition) is 2. The fourth-order valence-corrected chi connectivity index (χ4v) is 1.98. The Morgan fingerprint density at radius 1 is 1.18 bits per heavy atom. The van der Waals surface area contributed by atoms with Gasteiger partial charge in [0, 0.05) is 13.1 Å². The minimum Gasteiger partial charge on any atom is -0.481 e. The highest BCUT2D eigenvalue weighted by Gasteiger charge is 2.49. The van der Waals surface area contributed by atoms with Gasteiger partial charge in [0.15, 0.2) is 0 Å². The first-order valence-electron chi connectivity index (χ1n) is 4.94. The molecule has 0 unspecified atom stereocenters. The molecule has 0 aromatic heterocycles. The molecule has 1 aliphatic rings. The van der Waals surface area contributed by atoms with Crippen molar-refractivity contribution in [2.24, 2.45) is 5.41 Å². The van der Waals surface area contributed by atoms with Crippen LogP contribution < -0.4 is 0 Å². The van der Waals surface area contributed by atoms with E-state index in [0.29, 0.717) is 0 Å². The maximum atomic E-state index is 12.3. The number of hydrogen-bond acceptors (Lipinski definition) is 2. The molecular formula is C9H12F3NO4. The van der Waals surface area contributed by atoms with Crippen LogP contribution in [0.5, 0.6) is 0 Å². The third kappa shape index (κ3) is 3.24. The van der Waals surface area contributed by atoms with E-state index in [1.807, 2.05) is 0 Å². The number of nitrogens with zero attached hydrogens (tertiary/aromatic N) is 1. The standard InChI is InChI=1S/C9H12F3NO4/c10-9(11,12)5-8(6(14)15)1-3-13(4-2-8)7(16)17/h1-5H2,(H,14,15)(H,16,17). The van der Waals surface area contributed by atoms with Gasteiger partial charge in [-0.25, -0.2) is 4.79 Å². The van der Waals surface area contributed by atoms with E-state index in [9.17, 15) is 22.8 Å². The third-order valence-corrected chi connectivity index (χ3v) is 2.98.